The summed E-state index contributed by atoms with van der Waals surface area (Å²) in [6, 6.07) is 8.35. The van der Waals surface area contributed by atoms with E-state index >= 15 is 0 Å². The highest BCUT2D eigenvalue weighted by Gasteiger charge is 2.18. The van der Waals surface area contributed by atoms with Crippen LogP contribution in [0.1, 0.15) is 53.6 Å². The maximum absolute atomic E-state index is 13.1. The second kappa shape index (κ2) is 7.64. The Morgan fingerprint density at radius 2 is 1.88 bits per heavy atom. The van der Waals surface area contributed by atoms with Gasteiger partial charge < -0.3 is 0 Å². The summed E-state index contributed by atoms with van der Waals surface area (Å²) in [7, 11) is 0. The molecule has 1 fully saturated rings. The van der Waals surface area contributed by atoms with Crippen LogP contribution in [0.25, 0.3) is 0 Å². The largest absolute Gasteiger partial charge is 0.270 e. The van der Waals surface area contributed by atoms with Crippen LogP contribution >= 0.6 is 0 Å². The fourth-order valence-corrected chi connectivity index (χ4v) is 3.34. The van der Waals surface area contributed by atoms with Crippen molar-refractivity contribution in [3.05, 3.63) is 68.8 Å². The van der Waals surface area contributed by atoms with Crippen LogP contribution in [0, 0.1) is 24.0 Å². The number of hydrogen-bond acceptors (Lipinski definition) is 4. The molecule has 3 rings (SSSR count). The number of nitrogens with zero attached hydrogens (tertiary/aromatic N) is 3. The molecular weight excluding hydrogens is 330 g/mol. The molecule has 0 spiro atoms. The van der Waals surface area contributed by atoms with Gasteiger partial charge in [0.1, 0.15) is 5.49 Å². The van der Waals surface area contributed by atoms with Gasteiger partial charge in [0, 0.05) is 18.3 Å². The van der Waals surface area contributed by atoms with E-state index < -0.39 is 4.92 Å². The average molecular weight is 353 g/mol. The molecule has 0 unspecified atom stereocenters. The van der Waals surface area contributed by atoms with Gasteiger partial charge in [0.05, 0.1) is 16.5 Å². The van der Waals surface area contributed by atoms with Crippen LogP contribution in [0.15, 0.2) is 41.5 Å². The summed E-state index contributed by atoms with van der Waals surface area (Å²) in [6.07, 6.45) is 7.36. The smallest absolute Gasteiger partial charge is 0.268 e. The van der Waals surface area contributed by atoms with Gasteiger partial charge in [-0.1, -0.05) is 25.3 Å². The third-order valence-electron chi connectivity index (χ3n) is 4.86. The highest BCUT2D eigenvalue weighted by Crippen LogP contribution is 2.20. The number of hydrogen-bond donors (Lipinski definition) is 0. The second-order valence-corrected chi connectivity index (χ2v) is 6.91. The number of rotatable bonds is 3. The Labute approximate surface area is 152 Å². The fourth-order valence-electron chi connectivity index (χ4n) is 3.34. The van der Waals surface area contributed by atoms with Gasteiger partial charge in [-0.15, -0.1) is 0 Å². The monoisotopic (exact) mass is 353 g/mol. The number of pyridine rings is 1. The standard InChI is InChI=1S/C20H23N3O3/c1-14-10-11-22(19(12-14)21-16-6-4-3-5-7-16)20(24)18-13-17(23(25)26)9-8-15(18)2/h8-13,16H,3-7H2,1-2H3. The molecule has 2 aromatic rings. The zero-order chi connectivity index (χ0) is 18.7. The molecule has 1 aliphatic rings. The normalized spacial score (nSPS) is 15.8. The molecule has 0 saturated heterocycles. The van der Waals surface area contributed by atoms with E-state index in [1.165, 1.54) is 23.1 Å². The van der Waals surface area contributed by atoms with Crippen LogP contribution in [0.4, 0.5) is 5.69 Å². The third kappa shape index (κ3) is 3.90. The number of nitro groups is 1. The van der Waals surface area contributed by atoms with E-state index in [0.717, 1.165) is 31.2 Å². The number of carbonyl (C=O) groups is 1. The Morgan fingerprint density at radius 3 is 2.58 bits per heavy atom. The molecule has 1 saturated carbocycles. The van der Waals surface area contributed by atoms with E-state index in [1.807, 2.05) is 19.1 Å². The molecule has 26 heavy (non-hydrogen) atoms. The first-order valence-corrected chi connectivity index (χ1v) is 8.98. The molecule has 0 amide bonds. The van der Waals surface area contributed by atoms with Crippen molar-refractivity contribution in [1.29, 1.82) is 0 Å². The lowest BCUT2D eigenvalue weighted by atomic mass is 9.96. The number of non-ortho nitro benzene ring substituents is 1. The van der Waals surface area contributed by atoms with Crippen molar-refractivity contribution in [1.82, 2.24) is 4.57 Å². The molecule has 1 aromatic carbocycles. The van der Waals surface area contributed by atoms with E-state index in [2.05, 4.69) is 0 Å². The summed E-state index contributed by atoms with van der Waals surface area (Å²) in [5.41, 5.74) is 2.59. The van der Waals surface area contributed by atoms with Crippen molar-refractivity contribution in [3.8, 4) is 0 Å². The first kappa shape index (κ1) is 18.0. The van der Waals surface area contributed by atoms with Gasteiger partial charge >= 0.3 is 0 Å². The zero-order valence-electron chi connectivity index (χ0n) is 15.1. The van der Waals surface area contributed by atoms with Gasteiger partial charge in [0.25, 0.3) is 11.6 Å². The summed E-state index contributed by atoms with van der Waals surface area (Å²) in [5, 5.41) is 11.1. The quantitative estimate of drug-likeness (QED) is 0.619. The van der Waals surface area contributed by atoms with E-state index in [9.17, 15) is 14.9 Å². The number of nitro benzene ring substituents is 1. The minimum Gasteiger partial charge on any atom is -0.268 e. The lowest BCUT2D eigenvalue weighted by Crippen LogP contribution is -2.30. The molecule has 1 heterocycles. The summed E-state index contributed by atoms with van der Waals surface area (Å²) < 4.78 is 1.51. The first-order chi connectivity index (χ1) is 12.5. The van der Waals surface area contributed by atoms with E-state index in [-0.39, 0.29) is 17.6 Å². The highest BCUT2D eigenvalue weighted by molar-refractivity contribution is 5.97. The Hall–Kier alpha value is -2.76. The average Bonchev–Trinajstić information content (AvgIpc) is 2.62. The summed E-state index contributed by atoms with van der Waals surface area (Å²) in [6.45, 7) is 3.75. The van der Waals surface area contributed by atoms with Gasteiger partial charge in [0.2, 0.25) is 0 Å². The van der Waals surface area contributed by atoms with Crippen molar-refractivity contribution in [2.45, 2.75) is 52.0 Å². The molecule has 1 aromatic heterocycles. The van der Waals surface area contributed by atoms with Crippen LogP contribution in [-0.4, -0.2) is 21.4 Å². The molecule has 0 atom stereocenters. The van der Waals surface area contributed by atoms with Crippen LogP contribution in [-0.2, 0) is 0 Å². The number of aromatic nitrogens is 1. The predicted molar refractivity (Wildman–Crippen MR) is 99.2 cm³/mol. The lowest BCUT2D eigenvalue weighted by Gasteiger charge is -2.18. The van der Waals surface area contributed by atoms with Crippen LogP contribution in [0.3, 0.4) is 0 Å². The van der Waals surface area contributed by atoms with E-state index in [4.69, 9.17) is 4.99 Å². The minimum atomic E-state index is -0.483. The minimum absolute atomic E-state index is 0.0857. The molecule has 1 aliphatic carbocycles. The van der Waals surface area contributed by atoms with Crippen LogP contribution < -0.4 is 5.49 Å². The van der Waals surface area contributed by atoms with E-state index in [1.54, 1.807) is 19.2 Å². The van der Waals surface area contributed by atoms with Crippen molar-refractivity contribution in [2.75, 3.05) is 0 Å². The molecule has 0 radical (unpaired) electrons. The van der Waals surface area contributed by atoms with Gasteiger partial charge in [-0.25, -0.2) is 0 Å². The van der Waals surface area contributed by atoms with Crippen LogP contribution in [0.5, 0.6) is 0 Å². The maximum atomic E-state index is 13.1. The predicted octanol–water partition coefficient (Wildman–Crippen LogP) is 3.94. The van der Waals surface area contributed by atoms with Gasteiger partial charge in [0.15, 0.2) is 0 Å². The zero-order valence-corrected chi connectivity index (χ0v) is 15.1. The molecule has 0 aliphatic heterocycles. The Bertz CT molecular complexity index is 909. The molecule has 0 N–H and O–H groups in total. The molecule has 6 heteroatoms. The van der Waals surface area contributed by atoms with Gasteiger partial charge in [-0.2, -0.15) is 0 Å². The number of benzene rings is 1. The lowest BCUT2D eigenvalue weighted by molar-refractivity contribution is -0.384. The van der Waals surface area contributed by atoms with Gasteiger partial charge in [-0.05, 0) is 49.9 Å². The Balaban J connectivity index is 2.06. The molecule has 6 nitrogen and oxygen atoms in total. The number of carbonyl (C=O) groups excluding carboxylic acids is 1. The second-order valence-electron chi connectivity index (χ2n) is 6.91. The van der Waals surface area contributed by atoms with Crippen LogP contribution in [0.2, 0.25) is 0 Å². The molecule has 0 bridgehead atoms. The maximum Gasteiger partial charge on any atom is 0.270 e. The van der Waals surface area contributed by atoms with Gasteiger partial charge in [-0.3, -0.25) is 24.5 Å². The number of aryl methyl sites for hydroxylation is 2. The summed E-state index contributed by atoms with van der Waals surface area (Å²) >= 11 is 0. The summed E-state index contributed by atoms with van der Waals surface area (Å²) in [5.74, 6) is -0.291. The topological polar surface area (TPSA) is 77.5 Å². The molecule has 136 valence electrons. The first-order valence-electron chi connectivity index (χ1n) is 8.98. The van der Waals surface area contributed by atoms with Crippen molar-refractivity contribution in [3.63, 3.8) is 0 Å². The SMILES string of the molecule is Cc1ccn(C(=O)c2cc([N+](=O)[O-])ccc2C)c(=NC2CCCCC2)c1. The van der Waals surface area contributed by atoms with Crippen molar-refractivity contribution >= 4 is 11.6 Å². The fraction of sp³-hybridized carbons (Fsp3) is 0.400. The molecular formula is C20H23N3O3. The Kier molecular flexibility index (Phi) is 5.30. The van der Waals surface area contributed by atoms with E-state index in [0.29, 0.717) is 16.6 Å². The van der Waals surface area contributed by atoms with Crippen molar-refractivity contribution in [2.24, 2.45) is 4.99 Å². The summed E-state index contributed by atoms with van der Waals surface area (Å²) in [4.78, 5) is 28.5. The third-order valence-corrected chi connectivity index (χ3v) is 4.86. The Morgan fingerprint density at radius 1 is 1.15 bits per heavy atom. The highest BCUT2D eigenvalue weighted by atomic mass is 16.6. The van der Waals surface area contributed by atoms with Crippen molar-refractivity contribution < 1.29 is 9.72 Å².